The van der Waals surface area contributed by atoms with Gasteiger partial charge in [0.15, 0.2) is 0 Å². The average molecular weight is 304 g/mol. The molecular weight excluding hydrogens is 284 g/mol. The summed E-state index contributed by atoms with van der Waals surface area (Å²) in [5, 5.41) is 12.1. The molecule has 0 radical (unpaired) electrons. The molecule has 2 rings (SSSR count). The maximum Gasteiger partial charge on any atom is 0.337 e. The number of benzene rings is 1. The van der Waals surface area contributed by atoms with Crippen LogP contribution in [-0.2, 0) is 14.3 Å². The molecule has 0 saturated carbocycles. The molecule has 22 heavy (non-hydrogen) atoms. The quantitative estimate of drug-likeness (QED) is 0.793. The third-order valence-corrected chi connectivity index (χ3v) is 3.61. The summed E-state index contributed by atoms with van der Waals surface area (Å²) in [5.74, 6) is -0.850. The van der Waals surface area contributed by atoms with E-state index in [4.69, 9.17) is 9.84 Å². The average Bonchev–Trinajstić information content (AvgIpc) is 2.80. The number of aliphatic hydroxyl groups is 1. The van der Waals surface area contributed by atoms with E-state index >= 15 is 0 Å². The van der Waals surface area contributed by atoms with Gasteiger partial charge in [-0.15, -0.1) is 0 Å². The Morgan fingerprint density at radius 1 is 1.41 bits per heavy atom. The highest BCUT2D eigenvalue weighted by Gasteiger charge is 2.34. The molecule has 0 fully saturated rings. The molecule has 1 aliphatic rings. The third kappa shape index (κ3) is 3.12. The zero-order chi connectivity index (χ0) is 16.3. The zero-order valence-corrected chi connectivity index (χ0v) is 13.0. The van der Waals surface area contributed by atoms with E-state index < -0.39 is 5.97 Å². The number of aliphatic hydroxyl groups excluding tert-OH is 1. The maximum absolute atomic E-state index is 12.4. The molecule has 0 spiro atoms. The minimum atomic E-state index is -0.540. The number of nitrogens with one attached hydrogen (secondary N) is 1. The summed E-state index contributed by atoms with van der Waals surface area (Å²) in [6.45, 7) is 4.04. The van der Waals surface area contributed by atoms with Gasteiger partial charge in [-0.1, -0.05) is 12.1 Å². The lowest BCUT2D eigenvalue weighted by atomic mass is 10.1. The van der Waals surface area contributed by atoms with Gasteiger partial charge < -0.3 is 20.1 Å². The summed E-state index contributed by atoms with van der Waals surface area (Å²) in [6, 6.07) is 5.84. The Labute approximate surface area is 129 Å². The van der Waals surface area contributed by atoms with E-state index in [2.05, 4.69) is 5.32 Å². The highest BCUT2D eigenvalue weighted by molar-refractivity contribution is 6.08. The van der Waals surface area contributed by atoms with Gasteiger partial charge in [0.25, 0.3) is 5.91 Å². The summed E-state index contributed by atoms with van der Waals surface area (Å²) >= 11 is 0. The van der Waals surface area contributed by atoms with Crippen LogP contribution in [0.15, 0.2) is 29.5 Å². The predicted octanol–water partition coefficient (Wildman–Crippen LogP) is 0.977. The van der Waals surface area contributed by atoms with Crippen molar-refractivity contribution in [1.29, 1.82) is 0 Å². The second kappa shape index (κ2) is 6.62. The molecule has 0 saturated heterocycles. The van der Waals surface area contributed by atoms with Crippen LogP contribution >= 0.6 is 0 Å². The van der Waals surface area contributed by atoms with Crippen molar-refractivity contribution in [2.24, 2.45) is 0 Å². The minimum absolute atomic E-state index is 0.138. The molecule has 1 aliphatic heterocycles. The summed E-state index contributed by atoms with van der Waals surface area (Å²) in [5.41, 5.74) is 3.29. The molecule has 1 heterocycles. The molecule has 6 heteroatoms. The Hall–Kier alpha value is -2.34. The molecule has 1 aromatic rings. The van der Waals surface area contributed by atoms with E-state index in [-0.39, 0.29) is 36.9 Å². The van der Waals surface area contributed by atoms with Gasteiger partial charge in [0.1, 0.15) is 5.70 Å². The Kier molecular flexibility index (Phi) is 4.82. The number of amides is 1. The van der Waals surface area contributed by atoms with Crippen molar-refractivity contribution in [2.75, 3.05) is 32.1 Å². The second-order valence-corrected chi connectivity index (χ2v) is 5.24. The van der Waals surface area contributed by atoms with Crippen LogP contribution in [0.25, 0.3) is 0 Å². The zero-order valence-electron chi connectivity index (χ0n) is 13.0. The van der Waals surface area contributed by atoms with E-state index in [0.29, 0.717) is 0 Å². The van der Waals surface area contributed by atoms with Crippen molar-refractivity contribution >= 4 is 17.6 Å². The van der Waals surface area contributed by atoms with Crippen molar-refractivity contribution in [3.05, 3.63) is 40.6 Å². The normalized spacial score (nSPS) is 14.5. The Morgan fingerprint density at radius 3 is 2.77 bits per heavy atom. The molecule has 1 amide bonds. The summed E-state index contributed by atoms with van der Waals surface area (Å²) in [4.78, 5) is 25.7. The summed E-state index contributed by atoms with van der Waals surface area (Å²) in [7, 11) is 1.28. The molecule has 0 aliphatic carbocycles. The molecule has 0 aromatic heterocycles. The van der Waals surface area contributed by atoms with E-state index in [9.17, 15) is 9.59 Å². The largest absolute Gasteiger partial charge is 0.466 e. The lowest BCUT2D eigenvalue weighted by Gasteiger charge is -2.15. The number of nitrogens with zero attached hydrogens (tertiary/aromatic N) is 1. The number of β-amino-alcohol motifs (C(OH)–C–C–N with tert-alkyl or cyclic N) is 1. The first-order valence-corrected chi connectivity index (χ1v) is 7.03. The second-order valence-electron chi connectivity index (χ2n) is 5.24. The third-order valence-electron chi connectivity index (χ3n) is 3.61. The van der Waals surface area contributed by atoms with Crippen LogP contribution in [-0.4, -0.2) is 48.7 Å². The van der Waals surface area contributed by atoms with Crippen LogP contribution in [0.2, 0.25) is 0 Å². The first-order chi connectivity index (χ1) is 10.5. The van der Waals surface area contributed by atoms with Gasteiger partial charge in [0, 0.05) is 12.2 Å². The number of esters is 1. The van der Waals surface area contributed by atoms with Crippen molar-refractivity contribution in [3.8, 4) is 0 Å². The fraction of sp³-hybridized carbons (Fsp3) is 0.375. The first-order valence-electron chi connectivity index (χ1n) is 7.03. The van der Waals surface area contributed by atoms with Crippen molar-refractivity contribution < 1.29 is 19.4 Å². The highest BCUT2D eigenvalue weighted by atomic mass is 16.5. The number of ether oxygens (including phenoxy) is 1. The van der Waals surface area contributed by atoms with Crippen LogP contribution in [0.4, 0.5) is 5.69 Å². The van der Waals surface area contributed by atoms with Gasteiger partial charge in [0.05, 0.1) is 25.8 Å². The van der Waals surface area contributed by atoms with Gasteiger partial charge in [-0.25, -0.2) is 4.79 Å². The Morgan fingerprint density at radius 2 is 2.14 bits per heavy atom. The predicted molar refractivity (Wildman–Crippen MR) is 82.2 cm³/mol. The van der Waals surface area contributed by atoms with Crippen LogP contribution in [0.5, 0.6) is 0 Å². The van der Waals surface area contributed by atoms with Gasteiger partial charge in [-0.3, -0.25) is 4.79 Å². The fourth-order valence-electron chi connectivity index (χ4n) is 2.35. The van der Waals surface area contributed by atoms with Crippen molar-refractivity contribution in [1.82, 2.24) is 4.90 Å². The fourth-order valence-corrected chi connectivity index (χ4v) is 2.35. The molecule has 0 unspecified atom stereocenters. The SMILES string of the molecule is COC(=O)C1=C(Nc2cc(C)ccc2C)C(=O)N(CCO)C1. The number of carbonyl (C=O) groups is 2. The van der Waals surface area contributed by atoms with E-state index in [0.717, 1.165) is 16.8 Å². The number of rotatable bonds is 5. The number of hydrogen-bond donors (Lipinski definition) is 2. The van der Waals surface area contributed by atoms with Crippen LogP contribution < -0.4 is 5.32 Å². The van der Waals surface area contributed by atoms with Gasteiger partial charge in [0.2, 0.25) is 0 Å². The van der Waals surface area contributed by atoms with Gasteiger partial charge >= 0.3 is 5.97 Å². The maximum atomic E-state index is 12.4. The van der Waals surface area contributed by atoms with E-state index in [1.165, 1.54) is 12.0 Å². The molecule has 2 N–H and O–H groups in total. The van der Waals surface area contributed by atoms with Crippen LogP contribution in [0.3, 0.4) is 0 Å². The van der Waals surface area contributed by atoms with Crippen LogP contribution in [0.1, 0.15) is 11.1 Å². The molecule has 0 atom stereocenters. The summed E-state index contributed by atoms with van der Waals surface area (Å²) < 4.78 is 4.75. The van der Waals surface area contributed by atoms with E-state index in [1.807, 2.05) is 32.0 Å². The monoisotopic (exact) mass is 304 g/mol. The van der Waals surface area contributed by atoms with Crippen LogP contribution in [0, 0.1) is 13.8 Å². The van der Waals surface area contributed by atoms with Crippen molar-refractivity contribution in [3.63, 3.8) is 0 Å². The number of carbonyl (C=O) groups excluding carboxylic acids is 2. The highest BCUT2D eigenvalue weighted by Crippen LogP contribution is 2.25. The Bertz CT molecular complexity index is 637. The molecule has 1 aromatic carbocycles. The topological polar surface area (TPSA) is 78.9 Å². The standard InChI is InChI=1S/C16H20N2O4/c1-10-4-5-11(2)13(8-10)17-14-12(16(21)22-3)9-18(6-7-19)15(14)20/h4-5,8,17,19H,6-7,9H2,1-3H3. The number of methoxy groups -OCH3 is 1. The molecule has 118 valence electrons. The van der Waals surface area contributed by atoms with Gasteiger partial charge in [-0.2, -0.15) is 0 Å². The lowest BCUT2D eigenvalue weighted by molar-refractivity contribution is -0.136. The van der Waals surface area contributed by atoms with Crippen molar-refractivity contribution in [2.45, 2.75) is 13.8 Å². The van der Waals surface area contributed by atoms with E-state index in [1.54, 1.807) is 0 Å². The molecule has 0 bridgehead atoms. The Balaban J connectivity index is 2.36. The summed E-state index contributed by atoms with van der Waals surface area (Å²) in [6.07, 6.45) is 0. The van der Waals surface area contributed by atoms with Gasteiger partial charge in [-0.05, 0) is 31.0 Å². The minimum Gasteiger partial charge on any atom is -0.466 e. The number of hydrogen-bond acceptors (Lipinski definition) is 5. The molecule has 6 nitrogen and oxygen atoms in total. The lowest BCUT2D eigenvalue weighted by Crippen LogP contribution is -2.31. The number of anilines is 1. The first kappa shape index (κ1) is 16.0. The number of aryl methyl sites for hydroxylation is 2. The molecular formula is C16H20N2O4. The smallest absolute Gasteiger partial charge is 0.337 e.